The first-order chi connectivity index (χ1) is 13.1. The molecule has 0 bridgehead atoms. The molecule has 0 atom stereocenters. The van der Waals surface area contributed by atoms with E-state index in [2.05, 4.69) is 15.3 Å². The molecule has 1 heterocycles. The van der Waals surface area contributed by atoms with E-state index >= 15 is 0 Å². The van der Waals surface area contributed by atoms with Crippen LogP contribution in [-0.2, 0) is 6.54 Å². The maximum Gasteiger partial charge on any atom is 0.193 e. The number of halogens is 1. The number of nitrogens with zero attached hydrogens (tertiary/aromatic N) is 2. The van der Waals surface area contributed by atoms with Crippen LogP contribution in [0.15, 0.2) is 72.0 Å². The van der Waals surface area contributed by atoms with Gasteiger partial charge in [0.1, 0.15) is 11.5 Å². The van der Waals surface area contributed by atoms with Gasteiger partial charge in [0.2, 0.25) is 0 Å². The Morgan fingerprint density at radius 1 is 1.15 bits per heavy atom. The van der Waals surface area contributed by atoms with Gasteiger partial charge < -0.3 is 20.5 Å². The predicted molar refractivity (Wildman–Crippen MR) is 103 cm³/mol. The zero-order chi connectivity index (χ0) is 19.1. The van der Waals surface area contributed by atoms with Gasteiger partial charge in [-0.2, -0.15) is 0 Å². The number of hydrogen-bond acceptors (Lipinski definition) is 4. The molecule has 3 N–H and O–H groups in total. The summed E-state index contributed by atoms with van der Waals surface area (Å²) in [5, 5.41) is 2.97. The predicted octanol–water partition coefficient (Wildman–Crippen LogP) is 3.95. The number of ether oxygens (including phenoxy) is 2. The van der Waals surface area contributed by atoms with Crippen LogP contribution in [0.2, 0.25) is 0 Å². The van der Waals surface area contributed by atoms with Crippen molar-refractivity contribution in [3.05, 3.63) is 78.4 Å². The van der Waals surface area contributed by atoms with Gasteiger partial charge >= 0.3 is 0 Å². The summed E-state index contributed by atoms with van der Waals surface area (Å²) in [5.74, 6) is 1.04. The van der Waals surface area contributed by atoms with Gasteiger partial charge in [-0.1, -0.05) is 12.1 Å². The zero-order valence-electron chi connectivity index (χ0n) is 14.7. The molecule has 0 amide bonds. The quantitative estimate of drug-likeness (QED) is 0.510. The highest BCUT2D eigenvalue weighted by Gasteiger charge is 2.06. The lowest BCUT2D eigenvalue weighted by atomic mass is 10.2. The van der Waals surface area contributed by atoms with Crippen molar-refractivity contribution in [2.45, 2.75) is 6.54 Å². The fourth-order valence-electron chi connectivity index (χ4n) is 2.32. The second kappa shape index (κ2) is 8.66. The molecule has 0 unspecified atom stereocenters. The number of rotatable bonds is 6. The molecule has 27 heavy (non-hydrogen) atoms. The van der Waals surface area contributed by atoms with Crippen LogP contribution in [0, 0.1) is 5.82 Å². The lowest BCUT2D eigenvalue weighted by Crippen LogP contribution is -2.22. The maximum absolute atomic E-state index is 14.2. The molecule has 138 valence electrons. The van der Waals surface area contributed by atoms with Crippen molar-refractivity contribution in [1.82, 2.24) is 4.98 Å². The van der Waals surface area contributed by atoms with Crippen molar-refractivity contribution in [1.29, 1.82) is 0 Å². The summed E-state index contributed by atoms with van der Waals surface area (Å²) in [5.41, 5.74) is 7.31. The van der Waals surface area contributed by atoms with Crippen molar-refractivity contribution in [3.8, 4) is 17.2 Å². The highest BCUT2D eigenvalue weighted by molar-refractivity contribution is 5.92. The van der Waals surface area contributed by atoms with Crippen molar-refractivity contribution in [3.63, 3.8) is 0 Å². The van der Waals surface area contributed by atoms with E-state index in [1.54, 1.807) is 43.6 Å². The summed E-state index contributed by atoms with van der Waals surface area (Å²) in [7, 11) is 1.59. The Morgan fingerprint density at radius 3 is 2.74 bits per heavy atom. The third kappa shape index (κ3) is 5.18. The van der Waals surface area contributed by atoms with Crippen molar-refractivity contribution < 1.29 is 13.9 Å². The SMILES string of the molecule is COc1cccc(NC(N)=NCc2ccc(Oc3cccnc3)c(F)c2)c1. The topological polar surface area (TPSA) is 81.8 Å². The Bertz CT molecular complexity index is 932. The first-order valence-electron chi connectivity index (χ1n) is 8.21. The molecule has 0 aliphatic carbocycles. The monoisotopic (exact) mass is 366 g/mol. The van der Waals surface area contributed by atoms with Gasteiger partial charge in [0, 0.05) is 18.0 Å². The average molecular weight is 366 g/mol. The normalized spacial score (nSPS) is 11.1. The van der Waals surface area contributed by atoms with Crippen LogP contribution in [0.1, 0.15) is 5.56 Å². The smallest absolute Gasteiger partial charge is 0.193 e. The van der Waals surface area contributed by atoms with Gasteiger partial charge in [-0.15, -0.1) is 0 Å². The molecule has 1 aromatic heterocycles. The third-order valence-corrected chi connectivity index (χ3v) is 3.63. The van der Waals surface area contributed by atoms with Gasteiger partial charge in [-0.3, -0.25) is 4.98 Å². The van der Waals surface area contributed by atoms with Gasteiger partial charge in [0.25, 0.3) is 0 Å². The minimum Gasteiger partial charge on any atom is -0.497 e. The van der Waals surface area contributed by atoms with Crippen LogP contribution in [-0.4, -0.2) is 18.1 Å². The molecule has 6 nitrogen and oxygen atoms in total. The van der Waals surface area contributed by atoms with Crippen molar-refractivity contribution >= 4 is 11.6 Å². The molecule has 3 aromatic rings. The van der Waals surface area contributed by atoms with Gasteiger partial charge in [-0.25, -0.2) is 9.38 Å². The van der Waals surface area contributed by atoms with E-state index in [1.165, 1.54) is 12.3 Å². The lowest BCUT2D eigenvalue weighted by molar-refractivity contribution is 0.415. The molecule has 2 aromatic carbocycles. The van der Waals surface area contributed by atoms with Gasteiger partial charge in [0.05, 0.1) is 19.9 Å². The summed E-state index contributed by atoms with van der Waals surface area (Å²) in [6.45, 7) is 0.229. The number of pyridine rings is 1. The van der Waals surface area contributed by atoms with Crippen LogP contribution in [0.25, 0.3) is 0 Å². The molecule has 0 radical (unpaired) electrons. The molecule has 0 saturated heterocycles. The molecule has 0 fully saturated rings. The third-order valence-electron chi connectivity index (χ3n) is 3.63. The number of aromatic nitrogens is 1. The van der Waals surface area contributed by atoms with E-state index in [-0.39, 0.29) is 18.3 Å². The lowest BCUT2D eigenvalue weighted by Gasteiger charge is -2.09. The molecule has 0 saturated carbocycles. The Balaban J connectivity index is 1.63. The highest BCUT2D eigenvalue weighted by atomic mass is 19.1. The van der Waals surface area contributed by atoms with Crippen LogP contribution >= 0.6 is 0 Å². The zero-order valence-corrected chi connectivity index (χ0v) is 14.7. The van der Waals surface area contributed by atoms with Gasteiger partial charge in [0.15, 0.2) is 17.5 Å². The van der Waals surface area contributed by atoms with E-state index in [0.717, 1.165) is 5.69 Å². The summed E-state index contributed by atoms with van der Waals surface area (Å²) < 4.78 is 24.9. The standard InChI is InChI=1S/C20H19FN4O2/c1-26-16-5-2-4-15(11-16)25-20(22)24-12-14-7-8-19(18(21)10-14)27-17-6-3-9-23-13-17/h2-11,13H,12H2,1H3,(H3,22,24,25). The number of aliphatic imine (C=N–C) groups is 1. The van der Waals surface area contributed by atoms with E-state index < -0.39 is 5.82 Å². The van der Waals surface area contributed by atoms with E-state index in [0.29, 0.717) is 17.1 Å². The molecular formula is C20H19FN4O2. The Morgan fingerprint density at radius 2 is 2.00 bits per heavy atom. The second-order valence-electron chi connectivity index (χ2n) is 5.61. The largest absolute Gasteiger partial charge is 0.497 e. The number of benzene rings is 2. The number of methoxy groups -OCH3 is 1. The van der Waals surface area contributed by atoms with Crippen LogP contribution in [0.3, 0.4) is 0 Å². The first-order valence-corrected chi connectivity index (χ1v) is 8.21. The Labute approximate surface area is 156 Å². The van der Waals surface area contributed by atoms with E-state index in [9.17, 15) is 4.39 Å². The fourth-order valence-corrected chi connectivity index (χ4v) is 2.32. The van der Waals surface area contributed by atoms with Gasteiger partial charge in [-0.05, 0) is 42.0 Å². The molecule has 0 aliphatic heterocycles. The molecule has 0 aliphatic rings. The van der Waals surface area contributed by atoms with Crippen molar-refractivity contribution in [2.75, 3.05) is 12.4 Å². The van der Waals surface area contributed by atoms with Crippen LogP contribution in [0.4, 0.5) is 10.1 Å². The van der Waals surface area contributed by atoms with Crippen molar-refractivity contribution in [2.24, 2.45) is 10.7 Å². The first kappa shape index (κ1) is 18.2. The molecule has 0 spiro atoms. The van der Waals surface area contributed by atoms with Crippen LogP contribution < -0.4 is 20.5 Å². The van der Waals surface area contributed by atoms with Crippen LogP contribution in [0.5, 0.6) is 17.2 Å². The summed E-state index contributed by atoms with van der Waals surface area (Å²) >= 11 is 0. The number of anilines is 1. The highest BCUT2D eigenvalue weighted by Crippen LogP contribution is 2.24. The second-order valence-corrected chi connectivity index (χ2v) is 5.61. The maximum atomic E-state index is 14.2. The number of nitrogens with one attached hydrogen (secondary N) is 1. The molecule has 7 heteroatoms. The Hall–Kier alpha value is -3.61. The Kier molecular flexibility index (Phi) is 5.84. The number of guanidine groups is 1. The van der Waals surface area contributed by atoms with E-state index in [1.807, 2.05) is 18.2 Å². The fraction of sp³-hybridized carbons (Fsp3) is 0.100. The molecule has 3 rings (SSSR count). The summed E-state index contributed by atoms with van der Waals surface area (Å²) in [6.07, 6.45) is 3.14. The summed E-state index contributed by atoms with van der Waals surface area (Å²) in [4.78, 5) is 8.15. The number of hydrogen-bond donors (Lipinski definition) is 2. The number of nitrogens with two attached hydrogens (primary N) is 1. The average Bonchev–Trinajstić information content (AvgIpc) is 2.69. The minimum absolute atomic E-state index is 0.123. The summed E-state index contributed by atoms with van der Waals surface area (Å²) in [6, 6.07) is 15.4. The minimum atomic E-state index is -0.481. The van der Waals surface area contributed by atoms with E-state index in [4.69, 9.17) is 15.2 Å². The molecular weight excluding hydrogens is 347 g/mol.